The molecule has 0 aromatic heterocycles. The molecule has 6 heteroatoms. The molecule has 1 rings (SSSR count). The van der Waals surface area contributed by atoms with Crippen LogP contribution in [0.2, 0.25) is 5.02 Å². The van der Waals surface area contributed by atoms with Crippen molar-refractivity contribution in [1.29, 1.82) is 0 Å². The molecule has 0 aliphatic rings. The minimum atomic E-state index is -1.03. The second-order valence-electron chi connectivity index (χ2n) is 4.59. The van der Waals surface area contributed by atoms with E-state index in [1.807, 2.05) is 0 Å². The van der Waals surface area contributed by atoms with Crippen LogP contribution in [0, 0.1) is 11.6 Å². The molecule has 0 fully saturated rings. The first kappa shape index (κ1) is 13.9. The Morgan fingerprint density at radius 3 is 2.06 bits per heavy atom. The van der Waals surface area contributed by atoms with E-state index in [4.69, 9.17) is 17.4 Å². The van der Waals surface area contributed by atoms with Crippen molar-refractivity contribution in [2.45, 2.75) is 26.3 Å². The number of amides is 1. The number of hydrogen-bond acceptors (Lipinski definition) is 2. The van der Waals surface area contributed by atoms with Gasteiger partial charge in [-0.2, -0.15) is 0 Å². The molecule has 0 aliphatic carbocycles. The maximum atomic E-state index is 13.5. The maximum absolute atomic E-state index is 13.5. The molecule has 0 saturated carbocycles. The number of nitrogens with zero attached hydrogens (tertiary/aromatic N) is 1. The number of rotatable bonds is 1. The highest BCUT2D eigenvalue weighted by molar-refractivity contribution is 6.30. The third-order valence-corrected chi connectivity index (χ3v) is 2.38. The molecule has 2 N–H and O–H groups in total. The van der Waals surface area contributed by atoms with E-state index in [-0.39, 0.29) is 5.02 Å². The fourth-order valence-electron chi connectivity index (χ4n) is 1.17. The maximum Gasteiger partial charge on any atom is 0.274 e. The summed E-state index contributed by atoms with van der Waals surface area (Å²) >= 11 is 5.46. The number of hydrogen-bond donors (Lipinski definition) is 1. The molecule has 0 spiro atoms. The van der Waals surface area contributed by atoms with Crippen LogP contribution in [0.5, 0.6) is 0 Å². The van der Waals surface area contributed by atoms with Gasteiger partial charge in [0.15, 0.2) is 0 Å². The van der Waals surface area contributed by atoms with Crippen molar-refractivity contribution in [1.82, 2.24) is 5.01 Å². The molecule has 3 nitrogen and oxygen atoms in total. The zero-order chi connectivity index (χ0) is 13.4. The van der Waals surface area contributed by atoms with E-state index in [9.17, 15) is 13.6 Å². The van der Waals surface area contributed by atoms with Crippen LogP contribution in [0.25, 0.3) is 0 Å². The van der Waals surface area contributed by atoms with Gasteiger partial charge in [-0.15, -0.1) is 0 Å². The Balaban J connectivity index is 3.22. The lowest BCUT2D eigenvalue weighted by Gasteiger charge is -2.31. The van der Waals surface area contributed by atoms with Crippen molar-refractivity contribution in [3.05, 3.63) is 34.4 Å². The normalized spacial score (nSPS) is 11.5. The predicted octanol–water partition coefficient (Wildman–Crippen LogP) is 2.73. The topological polar surface area (TPSA) is 46.3 Å². The van der Waals surface area contributed by atoms with Crippen molar-refractivity contribution >= 4 is 17.5 Å². The van der Waals surface area contributed by atoms with Crippen LogP contribution in [0.15, 0.2) is 12.1 Å². The number of benzene rings is 1. The molecule has 0 aliphatic heterocycles. The summed E-state index contributed by atoms with van der Waals surface area (Å²) in [4.78, 5) is 11.8. The minimum absolute atomic E-state index is 0.115. The molecular weight excluding hydrogens is 250 g/mol. The fourth-order valence-corrected chi connectivity index (χ4v) is 1.36. The fraction of sp³-hybridized carbons (Fsp3) is 0.364. The van der Waals surface area contributed by atoms with Gasteiger partial charge < -0.3 is 0 Å². The van der Waals surface area contributed by atoms with Gasteiger partial charge in [0.1, 0.15) is 17.2 Å². The smallest absolute Gasteiger partial charge is 0.271 e. The van der Waals surface area contributed by atoms with Gasteiger partial charge in [-0.25, -0.2) is 14.6 Å². The van der Waals surface area contributed by atoms with E-state index < -0.39 is 28.6 Å². The lowest BCUT2D eigenvalue weighted by atomic mass is 10.1. The Bertz CT molecular complexity index is 434. The van der Waals surface area contributed by atoms with Gasteiger partial charge in [0.25, 0.3) is 5.91 Å². The lowest BCUT2D eigenvalue weighted by Crippen LogP contribution is -2.50. The van der Waals surface area contributed by atoms with Crippen molar-refractivity contribution < 1.29 is 13.6 Å². The third-order valence-electron chi connectivity index (χ3n) is 2.16. The molecule has 0 atom stereocenters. The van der Waals surface area contributed by atoms with Gasteiger partial charge in [-0.3, -0.25) is 9.80 Å². The SMILES string of the molecule is CC(C)(C)N(N)C(=O)c1c(F)cc(Cl)cc1F. The second-order valence-corrected chi connectivity index (χ2v) is 5.03. The third kappa shape index (κ3) is 2.92. The molecule has 1 amide bonds. The summed E-state index contributed by atoms with van der Waals surface area (Å²) in [6, 6.07) is 1.74. The average molecular weight is 263 g/mol. The van der Waals surface area contributed by atoms with Gasteiger partial charge in [0.2, 0.25) is 0 Å². The summed E-state index contributed by atoms with van der Waals surface area (Å²) < 4.78 is 27.0. The van der Waals surface area contributed by atoms with E-state index in [1.165, 1.54) is 0 Å². The summed E-state index contributed by atoms with van der Waals surface area (Å²) in [5.41, 5.74) is -1.44. The largest absolute Gasteiger partial charge is 0.274 e. The van der Waals surface area contributed by atoms with Crippen molar-refractivity contribution in [2.24, 2.45) is 5.84 Å². The van der Waals surface area contributed by atoms with Crippen molar-refractivity contribution in [3.8, 4) is 0 Å². The number of carbonyl (C=O) groups excluding carboxylic acids is 1. The Morgan fingerprint density at radius 2 is 1.71 bits per heavy atom. The molecule has 0 bridgehead atoms. The van der Waals surface area contributed by atoms with Gasteiger partial charge >= 0.3 is 0 Å². The molecule has 1 aromatic carbocycles. The molecule has 0 radical (unpaired) electrons. The molecule has 17 heavy (non-hydrogen) atoms. The van der Waals surface area contributed by atoms with Crippen LogP contribution in [-0.4, -0.2) is 16.5 Å². The van der Waals surface area contributed by atoms with Gasteiger partial charge in [-0.05, 0) is 32.9 Å². The van der Waals surface area contributed by atoms with Gasteiger partial charge in [0, 0.05) is 5.02 Å². The molecule has 0 unspecified atom stereocenters. The summed E-state index contributed by atoms with van der Waals surface area (Å²) in [6.07, 6.45) is 0. The lowest BCUT2D eigenvalue weighted by molar-refractivity contribution is 0.0572. The summed E-state index contributed by atoms with van der Waals surface area (Å²) in [7, 11) is 0. The highest BCUT2D eigenvalue weighted by atomic mass is 35.5. The summed E-state index contributed by atoms with van der Waals surface area (Å²) in [5.74, 6) is 2.54. The number of hydrazine groups is 1. The molecule has 0 saturated heterocycles. The molecular formula is C11H13ClF2N2O. The summed E-state index contributed by atoms with van der Waals surface area (Å²) in [5, 5.41) is 0.665. The van der Waals surface area contributed by atoms with E-state index in [1.54, 1.807) is 20.8 Å². The predicted molar refractivity (Wildman–Crippen MR) is 61.5 cm³/mol. The zero-order valence-corrected chi connectivity index (χ0v) is 10.5. The summed E-state index contributed by atoms with van der Waals surface area (Å²) in [6.45, 7) is 4.95. The van der Waals surface area contributed by atoms with Crippen LogP contribution in [0.4, 0.5) is 8.78 Å². The first-order valence-electron chi connectivity index (χ1n) is 4.88. The zero-order valence-electron chi connectivity index (χ0n) is 9.72. The molecule has 0 heterocycles. The van der Waals surface area contributed by atoms with E-state index >= 15 is 0 Å². The Morgan fingerprint density at radius 1 is 1.29 bits per heavy atom. The van der Waals surface area contributed by atoms with Crippen LogP contribution in [-0.2, 0) is 0 Å². The molecule has 94 valence electrons. The highest BCUT2D eigenvalue weighted by Gasteiger charge is 2.29. The Hall–Kier alpha value is -1.20. The van der Waals surface area contributed by atoms with Crippen LogP contribution in [0.3, 0.4) is 0 Å². The average Bonchev–Trinajstić information content (AvgIpc) is 2.13. The van der Waals surface area contributed by atoms with Crippen molar-refractivity contribution in [2.75, 3.05) is 0 Å². The van der Waals surface area contributed by atoms with E-state index in [2.05, 4.69) is 0 Å². The minimum Gasteiger partial charge on any atom is -0.271 e. The highest BCUT2D eigenvalue weighted by Crippen LogP contribution is 2.22. The van der Waals surface area contributed by atoms with Crippen LogP contribution < -0.4 is 5.84 Å². The van der Waals surface area contributed by atoms with E-state index in [0.717, 1.165) is 17.1 Å². The Labute approximate surface area is 103 Å². The number of halogens is 3. The second kappa shape index (κ2) is 4.58. The standard InChI is InChI=1S/C11H13ClF2N2O/c1-11(2,3)16(15)10(17)9-7(13)4-6(12)5-8(9)14/h4-5H,15H2,1-3H3. The first-order valence-corrected chi connectivity index (χ1v) is 5.26. The van der Waals surface area contributed by atoms with Gasteiger partial charge in [0.05, 0.1) is 5.54 Å². The van der Waals surface area contributed by atoms with Crippen molar-refractivity contribution in [3.63, 3.8) is 0 Å². The number of nitrogens with two attached hydrogens (primary N) is 1. The van der Waals surface area contributed by atoms with Gasteiger partial charge in [-0.1, -0.05) is 11.6 Å². The monoisotopic (exact) mass is 262 g/mol. The number of carbonyl (C=O) groups is 1. The van der Waals surface area contributed by atoms with E-state index in [0.29, 0.717) is 0 Å². The Kier molecular flexibility index (Phi) is 3.74. The van der Waals surface area contributed by atoms with Crippen LogP contribution in [0.1, 0.15) is 31.1 Å². The quantitative estimate of drug-likeness (QED) is 0.481. The van der Waals surface area contributed by atoms with Crippen LogP contribution >= 0.6 is 11.6 Å². The molecule has 1 aromatic rings. The first-order chi connectivity index (χ1) is 7.64.